The maximum absolute atomic E-state index is 6.23. The Balaban J connectivity index is 1.60. The minimum Gasteiger partial charge on any atom is -0.490 e. The molecule has 19 heavy (non-hydrogen) atoms. The minimum absolute atomic E-state index is 0.0212. The molecule has 1 aliphatic carbocycles. The van der Waals surface area contributed by atoms with Gasteiger partial charge in [0.25, 0.3) is 0 Å². The smallest absolute Gasteiger partial charge is 0.120 e. The molecule has 1 saturated carbocycles. The van der Waals surface area contributed by atoms with Crippen molar-refractivity contribution in [2.45, 2.75) is 37.8 Å². The summed E-state index contributed by atoms with van der Waals surface area (Å²) >= 11 is 0. The molecule has 3 rings (SSSR count). The zero-order valence-electron chi connectivity index (χ0n) is 10.9. The molecule has 1 heterocycles. The molecule has 0 spiro atoms. The van der Waals surface area contributed by atoms with Crippen LogP contribution in [0.1, 0.15) is 36.6 Å². The standard InChI is InChI=1S/C16H19NO2/c17-16(9-8-13-5-2-10-18-13)12-3-1-4-15(11-12)19-14-6-7-14/h1-5,10-11,14,16H,6-9,17H2. The van der Waals surface area contributed by atoms with Crippen LogP contribution in [0.15, 0.2) is 47.1 Å². The van der Waals surface area contributed by atoms with Crippen LogP contribution in [-0.2, 0) is 6.42 Å². The Morgan fingerprint density at radius 1 is 1.26 bits per heavy atom. The maximum atomic E-state index is 6.23. The highest BCUT2D eigenvalue weighted by Gasteiger charge is 2.23. The normalized spacial score (nSPS) is 16.3. The first-order chi connectivity index (χ1) is 9.31. The lowest BCUT2D eigenvalue weighted by atomic mass is 10.0. The summed E-state index contributed by atoms with van der Waals surface area (Å²) in [5.41, 5.74) is 7.36. The Labute approximate surface area is 113 Å². The van der Waals surface area contributed by atoms with Crippen molar-refractivity contribution in [3.05, 3.63) is 54.0 Å². The number of rotatable bonds is 6. The van der Waals surface area contributed by atoms with Crippen molar-refractivity contribution in [1.82, 2.24) is 0 Å². The fraction of sp³-hybridized carbons (Fsp3) is 0.375. The lowest BCUT2D eigenvalue weighted by Gasteiger charge is -2.13. The molecule has 1 fully saturated rings. The number of benzene rings is 1. The van der Waals surface area contributed by atoms with Crippen molar-refractivity contribution < 1.29 is 9.15 Å². The summed E-state index contributed by atoms with van der Waals surface area (Å²) < 4.78 is 11.1. The highest BCUT2D eigenvalue weighted by Crippen LogP contribution is 2.28. The van der Waals surface area contributed by atoms with Gasteiger partial charge in [-0.05, 0) is 49.1 Å². The fourth-order valence-electron chi connectivity index (χ4n) is 2.12. The summed E-state index contributed by atoms with van der Waals surface area (Å²) in [6.07, 6.45) is 6.21. The summed E-state index contributed by atoms with van der Waals surface area (Å²) in [5.74, 6) is 1.93. The zero-order valence-corrected chi connectivity index (χ0v) is 10.9. The Hall–Kier alpha value is -1.74. The minimum atomic E-state index is 0.0212. The third kappa shape index (κ3) is 3.38. The van der Waals surface area contributed by atoms with Gasteiger partial charge in [-0.15, -0.1) is 0 Å². The largest absolute Gasteiger partial charge is 0.490 e. The van der Waals surface area contributed by atoms with Gasteiger partial charge in [0.05, 0.1) is 12.4 Å². The van der Waals surface area contributed by atoms with Gasteiger partial charge in [0.2, 0.25) is 0 Å². The maximum Gasteiger partial charge on any atom is 0.120 e. The summed E-state index contributed by atoms with van der Waals surface area (Å²) in [7, 11) is 0. The highest BCUT2D eigenvalue weighted by molar-refractivity contribution is 5.31. The molecule has 0 aliphatic heterocycles. The second kappa shape index (κ2) is 5.49. The van der Waals surface area contributed by atoms with E-state index in [4.69, 9.17) is 14.9 Å². The molecule has 2 N–H and O–H groups in total. The molecule has 0 bridgehead atoms. The average Bonchev–Trinajstić information content (AvgIpc) is 3.08. The molecule has 1 aromatic carbocycles. The Bertz CT molecular complexity index is 517. The number of nitrogens with two attached hydrogens (primary N) is 1. The van der Waals surface area contributed by atoms with E-state index in [9.17, 15) is 0 Å². The molecule has 1 aliphatic rings. The topological polar surface area (TPSA) is 48.4 Å². The second-order valence-electron chi connectivity index (χ2n) is 5.11. The third-order valence-electron chi connectivity index (χ3n) is 3.40. The number of aryl methyl sites for hydroxylation is 1. The predicted molar refractivity (Wildman–Crippen MR) is 74.0 cm³/mol. The van der Waals surface area contributed by atoms with Gasteiger partial charge in [-0.25, -0.2) is 0 Å². The molecule has 3 nitrogen and oxygen atoms in total. The lowest BCUT2D eigenvalue weighted by Crippen LogP contribution is -2.11. The monoisotopic (exact) mass is 257 g/mol. The van der Waals surface area contributed by atoms with Gasteiger partial charge >= 0.3 is 0 Å². The van der Waals surface area contributed by atoms with Gasteiger partial charge < -0.3 is 14.9 Å². The van der Waals surface area contributed by atoms with Gasteiger partial charge in [0.15, 0.2) is 0 Å². The van der Waals surface area contributed by atoms with Crippen LogP contribution in [-0.4, -0.2) is 6.10 Å². The van der Waals surface area contributed by atoms with Crippen molar-refractivity contribution in [1.29, 1.82) is 0 Å². The van der Waals surface area contributed by atoms with E-state index in [0.717, 1.165) is 29.9 Å². The van der Waals surface area contributed by atoms with Crippen LogP contribution in [0.2, 0.25) is 0 Å². The SMILES string of the molecule is NC(CCc1ccco1)c1cccc(OC2CC2)c1. The number of hydrogen-bond donors (Lipinski definition) is 1. The zero-order chi connectivity index (χ0) is 13.1. The lowest BCUT2D eigenvalue weighted by molar-refractivity contribution is 0.302. The van der Waals surface area contributed by atoms with E-state index in [1.165, 1.54) is 12.8 Å². The van der Waals surface area contributed by atoms with Crippen LogP contribution in [0.25, 0.3) is 0 Å². The highest BCUT2D eigenvalue weighted by atomic mass is 16.5. The van der Waals surface area contributed by atoms with E-state index in [2.05, 4.69) is 12.1 Å². The van der Waals surface area contributed by atoms with Crippen LogP contribution >= 0.6 is 0 Å². The van der Waals surface area contributed by atoms with Gasteiger partial charge in [0, 0.05) is 12.5 Å². The summed E-state index contributed by atoms with van der Waals surface area (Å²) in [6, 6.07) is 12.1. The van der Waals surface area contributed by atoms with Crippen LogP contribution in [0.4, 0.5) is 0 Å². The van der Waals surface area contributed by atoms with Crippen LogP contribution in [0.5, 0.6) is 5.75 Å². The molecule has 1 aromatic heterocycles. The summed E-state index contributed by atoms with van der Waals surface area (Å²) in [6.45, 7) is 0. The van der Waals surface area contributed by atoms with Crippen LogP contribution in [0, 0.1) is 0 Å². The van der Waals surface area contributed by atoms with Crippen molar-refractivity contribution in [2.75, 3.05) is 0 Å². The van der Waals surface area contributed by atoms with Gasteiger partial charge in [-0.3, -0.25) is 0 Å². The van der Waals surface area contributed by atoms with E-state index in [1.807, 2.05) is 24.3 Å². The summed E-state index contributed by atoms with van der Waals surface area (Å²) in [4.78, 5) is 0. The van der Waals surface area contributed by atoms with Gasteiger partial charge in [0.1, 0.15) is 11.5 Å². The Morgan fingerprint density at radius 2 is 2.16 bits per heavy atom. The molecule has 100 valence electrons. The molecule has 0 radical (unpaired) electrons. The van der Waals surface area contributed by atoms with Crippen molar-refractivity contribution in [3.63, 3.8) is 0 Å². The van der Waals surface area contributed by atoms with Crippen LogP contribution in [0.3, 0.4) is 0 Å². The number of hydrogen-bond acceptors (Lipinski definition) is 3. The number of furan rings is 1. The Morgan fingerprint density at radius 3 is 2.89 bits per heavy atom. The first-order valence-electron chi connectivity index (χ1n) is 6.86. The Kier molecular flexibility index (Phi) is 3.56. The molecule has 3 heteroatoms. The molecule has 1 unspecified atom stereocenters. The average molecular weight is 257 g/mol. The van der Waals surface area contributed by atoms with Crippen molar-refractivity contribution in [3.8, 4) is 5.75 Å². The molecular weight excluding hydrogens is 238 g/mol. The van der Waals surface area contributed by atoms with Crippen molar-refractivity contribution in [2.24, 2.45) is 5.73 Å². The van der Waals surface area contributed by atoms with E-state index in [0.29, 0.717) is 6.10 Å². The van der Waals surface area contributed by atoms with Gasteiger partial charge in [-0.1, -0.05) is 12.1 Å². The quantitative estimate of drug-likeness (QED) is 0.862. The molecular formula is C16H19NO2. The van der Waals surface area contributed by atoms with Crippen molar-refractivity contribution >= 4 is 0 Å². The molecule has 0 amide bonds. The van der Waals surface area contributed by atoms with E-state index in [1.54, 1.807) is 6.26 Å². The fourth-order valence-corrected chi connectivity index (χ4v) is 2.12. The second-order valence-corrected chi connectivity index (χ2v) is 5.11. The first kappa shape index (κ1) is 12.3. The number of ether oxygens (including phenoxy) is 1. The molecule has 0 saturated heterocycles. The van der Waals surface area contributed by atoms with E-state index in [-0.39, 0.29) is 6.04 Å². The first-order valence-corrected chi connectivity index (χ1v) is 6.86. The molecule has 2 aromatic rings. The predicted octanol–water partition coefficient (Wildman–Crippen LogP) is 3.45. The summed E-state index contributed by atoms with van der Waals surface area (Å²) in [5, 5.41) is 0. The van der Waals surface area contributed by atoms with E-state index < -0.39 is 0 Å². The third-order valence-corrected chi connectivity index (χ3v) is 3.40. The van der Waals surface area contributed by atoms with E-state index >= 15 is 0 Å². The van der Waals surface area contributed by atoms with Crippen LogP contribution < -0.4 is 10.5 Å². The molecule has 1 atom stereocenters. The van der Waals surface area contributed by atoms with Gasteiger partial charge in [-0.2, -0.15) is 0 Å².